The third-order valence-electron chi connectivity index (χ3n) is 4.55. The molecule has 1 saturated carbocycles. The molecule has 3 N–H and O–H groups in total. The minimum atomic E-state index is -0.185. The zero-order valence-electron chi connectivity index (χ0n) is 15.4. The van der Waals surface area contributed by atoms with Crippen LogP contribution in [-0.2, 0) is 15.7 Å². The van der Waals surface area contributed by atoms with Crippen LogP contribution in [0.4, 0.5) is 5.82 Å². The summed E-state index contributed by atoms with van der Waals surface area (Å²) < 4.78 is 1.92. The lowest BCUT2D eigenvalue weighted by Crippen LogP contribution is -2.30. The fraction of sp³-hybridized carbons (Fsp3) is 0.778. The van der Waals surface area contributed by atoms with Crippen LogP contribution in [0.25, 0.3) is 0 Å². The fourth-order valence-corrected chi connectivity index (χ4v) is 3.10. The highest BCUT2D eigenvalue weighted by molar-refractivity contribution is 5.90. The van der Waals surface area contributed by atoms with Crippen molar-refractivity contribution in [3.63, 3.8) is 0 Å². The predicted octanol–water partition coefficient (Wildman–Crippen LogP) is 3.39. The van der Waals surface area contributed by atoms with E-state index in [2.05, 4.69) is 46.9 Å². The Morgan fingerprint density at radius 2 is 1.96 bits per heavy atom. The van der Waals surface area contributed by atoms with E-state index < -0.39 is 0 Å². The molecule has 1 heterocycles. The van der Waals surface area contributed by atoms with Crippen LogP contribution in [0.5, 0.6) is 0 Å². The molecule has 0 unspecified atom stereocenters. The molecule has 1 aromatic heterocycles. The lowest BCUT2D eigenvalue weighted by atomic mass is 9.92. The smallest absolute Gasteiger partial charge is 0.225 e. The average molecular weight is 320 g/mol. The molecule has 1 fully saturated rings. The number of nitrogens with one attached hydrogen (secondary N) is 1. The summed E-state index contributed by atoms with van der Waals surface area (Å²) >= 11 is 0. The van der Waals surface area contributed by atoms with Gasteiger partial charge in [0.2, 0.25) is 5.91 Å². The van der Waals surface area contributed by atoms with Crippen LogP contribution in [0.15, 0.2) is 6.07 Å². The summed E-state index contributed by atoms with van der Waals surface area (Å²) in [5, 5.41) is 7.79. The van der Waals surface area contributed by atoms with Gasteiger partial charge in [0.05, 0.1) is 11.2 Å². The van der Waals surface area contributed by atoms with E-state index in [1.165, 1.54) is 0 Å². The number of nitrogens with two attached hydrogens (primary N) is 1. The lowest BCUT2D eigenvalue weighted by molar-refractivity contribution is -0.117. The van der Waals surface area contributed by atoms with Crippen LogP contribution < -0.4 is 11.1 Å². The Balaban J connectivity index is 2.17. The molecule has 130 valence electrons. The van der Waals surface area contributed by atoms with Crippen molar-refractivity contribution in [2.45, 2.75) is 84.2 Å². The molecule has 5 heteroatoms. The Morgan fingerprint density at radius 1 is 1.30 bits per heavy atom. The molecule has 23 heavy (non-hydrogen) atoms. The summed E-state index contributed by atoms with van der Waals surface area (Å²) in [7, 11) is 0. The van der Waals surface area contributed by atoms with E-state index >= 15 is 0 Å². The Morgan fingerprint density at radius 3 is 2.43 bits per heavy atom. The van der Waals surface area contributed by atoms with Crippen LogP contribution in [0.3, 0.4) is 0 Å². The van der Waals surface area contributed by atoms with Crippen molar-refractivity contribution in [1.82, 2.24) is 9.78 Å². The standard InChI is InChI=1S/C18H32N4O/c1-17(2,3)14-11-15(22(21-14)18(4,5)6)20-16(23)10-12-8-7-9-13(12)19/h11-13H,7-10,19H2,1-6H3,(H,20,23)/t12-,13+/m0/s1. The van der Waals surface area contributed by atoms with Crippen LogP contribution in [0.2, 0.25) is 0 Å². The van der Waals surface area contributed by atoms with Crippen LogP contribution in [0, 0.1) is 5.92 Å². The van der Waals surface area contributed by atoms with Gasteiger partial charge in [0.25, 0.3) is 0 Å². The minimum absolute atomic E-state index is 0.0400. The summed E-state index contributed by atoms with van der Waals surface area (Å²) in [6, 6.07) is 2.16. The van der Waals surface area contributed by atoms with Crippen molar-refractivity contribution in [3.05, 3.63) is 11.8 Å². The minimum Gasteiger partial charge on any atom is -0.327 e. The summed E-state index contributed by atoms with van der Waals surface area (Å²) in [4.78, 5) is 12.4. The largest absolute Gasteiger partial charge is 0.327 e. The summed E-state index contributed by atoms with van der Waals surface area (Å²) in [5.41, 5.74) is 6.83. The number of nitrogens with zero attached hydrogens (tertiary/aromatic N) is 2. The maximum atomic E-state index is 12.4. The van der Waals surface area contributed by atoms with Crippen LogP contribution >= 0.6 is 0 Å². The molecule has 5 nitrogen and oxygen atoms in total. The molecule has 2 rings (SSSR count). The zero-order chi connectivity index (χ0) is 17.4. The third kappa shape index (κ3) is 4.34. The van der Waals surface area contributed by atoms with E-state index in [1.54, 1.807) is 0 Å². The molecule has 0 radical (unpaired) electrons. The van der Waals surface area contributed by atoms with Gasteiger partial charge < -0.3 is 11.1 Å². The average Bonchev–Trinajstić information content (AvgIpc) is 2.95. The van der Waals surface area contributed by atoms with E-state index in [0.717, 1.165) is 30.8 Å². The molecule has 1 aliphatic carbocycles. The zero-order valence-corrected chi connectivity index (χ0v) is 15.4. The normalized spacial score (nSPS) is 22.4. The van der Waals surface area contributed by atoms with E-state index in [0.29, 0.717) is 12.3 Å². The monoisotopic (exact) mass is 320 g/mol. The first-order valence-corrected chi connectivity index (χ1v) is 8.65. The van der Waals surface area contributed by atoms with Gasteiger partial charge in [-0.2, -0.15) is 5.10 Å². The van der Waals surface area contributed by atoms with Gasteiger partial charge in [-0.1, -0.05) is 27.2 Å². The first kappa shape index (κ1) is 18.0. The SMILES string of the molecule is CC(C)(C)c1cc(NC(=O)C[C@@H]2CCC[C@H]2N)n(C(C)(C)C)n1. The van der Waals surface area contributed by atoms with Crippen molar-refractivity contribution < 1.29 is 4.79 Å². The van der Waals surface area contributed by atoms with Gasteiger partial charge in [-0.05, 0) is 39.5 Å². The highest BCUT2D eigenvalue weighted by Gasteiger charge is 2.28. The number of amides is 1. The second kappa shape index (κ2) is 6.27. The van der Waals surface area contributed by atoms with Crippen molar-refractivity contribution in [3.8, 4) is 0 Å². The fourth-order valence-electron chi connectivity index (χ4n) is 3.10. The number of carbonyl (C=O) groups is 1. The Labute approximate surface area is 140 Å². The van der Waals surface area contributed by atoms with Crippen molar-refractivity contribution >= 4 is 11.7 Å². The van der Waals surface area contributed by atoms with Crippen LogP contribution in [-0.4, -0.2) is 21.7 Å². The van der Waals surface area contributed by atoms with E-state index in [-0.39, 0.29) is 22.9 Å². The maximum Gasteiger partial charge on any atom is 0.225 e. The lowest BCUT2D eigenvalue weighted by Gasteiger charge is -2.23. The quantitative estimate of drug-likeness (QED) is 0.896. The highest BCUT2D eigenvalue weighted by atomic mass is 16.1. The van der Waals surface area contributed by atoms with Crippen molar-refractivity contribution in [1.29, 1.82) is 0 Å². The topological polar surface area (TPSA) is 72.9 Å². The second-order valence-electron chi connectivity index (χ2n) is 8.85. The molecule has 0 aromatic carbocycles. The molecule has 0 spiro atoms. The molecule has 0 aliphatic heterocycles. The predicted molar refractivity (Wildman–Crippen MR) is 94.5 cm³/mol. The number of carbonyl (C=O) groups excluding carboxylic acids is 1. The molecule has 1 aliphatic rings. The summed E-state index contributed by atoms with van der Waals surface area (Å²) in [5.74, 6) is 1.13. The Hall–Kier alpha value is -1.36. The van der Waals surface area contributed by atoms with Gasteiger partial charge >= 0.3 is 0 Å². The van der Waals surface area contributed by atoms with Gasteiger partial charge in [0.15, 0.2) is 0 Å². The Kier molecular flexibility index (Phi) is 4.90. The van der Waals surface area contributed by atoms with Gasteiger partial charge in [-0.15, -0.1) is 0 Å². The molecular formula is C18H32N4O. The van der Waals surface area contributed by atoms with Gasteiger partial charge in [-0.3, -0.25) is 4.79 Å². The van der Waals surface area contributed by atoms with E-state index in [9.17, 15) is 4.79 Å². The number of aromatic nitrogens is 2. The number of anilines is 1. The molecule has 1 aromatic rings. The Bertz CT molecular complexity index is 563. The molecule has 2 atom stereocenters. The summed E-state index contributed by atoms with van der Waals surface area (Å²) in [6.45, 7) is 12.7. The third-order valence-corrected chi connectivity index (χ3v) is 4.55. The molecule has 0 bridgehead atoms. The van der Waals surface area contributed by atoms with Crippen molar-refractivity contribution in [2.75, 3.05) is 5.32 Å². The summed E-state index contributed by atoms with van der Waals surface area (Å²) in [6.07, 6.45) is 3.72. The molecule has 1 amide bonds. The number of rotatable bonds is 3. The van der Waals surface area contributed by atoms with Gasteiger partial charge in [0.1, 0.15) is 5.82 Å². The highest BCUT2D eigenvalue weighted by Crippen LogP contribution is 2.30. The molecule has 0 saturated heterocycles. The van der Waals surface area contributed by atoms with Gasteiger partial charge in [0, 0.05) is 23.9 Å². The first-order chi connectivity index (χ1) is 10.5. The van der Waals surface area contributed by atoms with Crippen LogP contribution in [0.1, 0.15) is 72.9 Å². The van der Waals surface area contributed by atoms with Gasteiger partial charge in [-0.25, -0.2) is 4.68 Å². The number of hydrogen-bond donors (Lipinski definition) is 2. The first-order valence-electron chi connectivity index (χ1n) is 8.65. The van der Waals surface area contributed by atoms with E-state index in [4.69, 9.17) is 10.8 Å². The molecular weight excluding hydrogens is 288 g/mol. The number of hydrogen-bond acceptors (Lipinski definition) is 3. The maximum absolute atomic E-state index is 12.4. The van der Waals surface area contributed by atoms with E-state index in [1.807, 2.05) is 10.7 Å². The van der Waals surface area contributed by atoms with Crippen molar-refractivity contribution in [2.24, 2.45) is 11.7 Å². The second-order valence-corrected chi connectivity index (χ2v) is 8.85.